The monoisotopic (exact) mass is 327 g/mol. The zero-order chi connectivity index (χ0) is 15.4. The Hall–Kier alpha value is -1.29. The Balaban J connectivity index is 1.95. The number of benzene rings is 2. The van der Waals surface area contributed by atoms with Crippen molar-refractivity contribution in [3.05, 3.63) is 63.4 Å². The molecular formula is C16H16Cl2FNO. The fraction of sp³-hybridized carbons (Fsp3) is 0.250. The highest BCUT2D eigenvalue weighted by Crippen LogP contribution is 2.25. The number of hydrogen-bond donors (Lipinski definition) is 2. The van der Waals surface area contributed by atoms with Crippen molar-refractivity contribution in [2.24, 2.45) is 0 Å². The molecule has 0 amide bonds. The summed E-state index contributed by atoms with van der Waals surface area (Å²) in [6.45, 7) is 2.52. The Kier molecular flexibility index (Phi) is 5.45. The Morgan fingerprint density at radius 2 is 1.95 bits per heavy atom. The normalized spacial score (nSPS) is 12.4. The molecule has 0 aromatic heterocycles. The quantitative estimate of drug-likeness (QED) is 0.831. The fourth-order valence-electron chi connectivity index (χ4n) is 2.13. The highest BCUT2D eigenvalue weighted by molar-refractivity contribution is 6.35. The summed E-state index contributed by atoms with van der Waals surface area (Å²) in [6, 6.07) is 9.16. The summed E-state index contributed by atoms with van der Waals surface area (Å²) in [4.78, 5) is 0. The third kappa shape index (κ3) is 4.34. The minimum atomic E-state index is -0.364. The average Bonchev–Trinajstić information content (AvgIpc) is 2.43. The molecule has 0 aliphatic carbocycles. The van der Waals surface area contributed by atoms with Gasteiger partial charge in [-0.25, -0.2) is 4.39 Å². The lowest BCUT2D eigenvalue weighted by atomic mass is 10.1. The molecule has 0 bridgehead atoms. The van der Waals surface area contributed by atoms with Crippen molar-refractivity contribution in [3.8, 4) is 5.75 Å². The molecule has 5 heteroatoms. The van der Waals surface area contributed by atoms with Crippen LogP contribution in [0, 0.1) is 5.82 Å². The van der Waals surface area contributed by atoms with Crippen LogP contribution in [0.5, 0.6) is 5.75 Å². The van der Waals surface area contributed by atoms with Gasteiger partial charge < -0.3 is 10.4 Å². The Morgan fingerprint density at radius 1 is 1.19 bits per heavy atom. The summed E-state index contributed by atoms with van der Waals surface area (Å²) >= 11 is 12.0. The standard InChI is InChI=1S/C16H16Cl2FNO/c1-10(14-9-13(19)4-5-16(14)21)20-7-6-11-2-3-12(17)8-15(11)18/h2-5,8-10,20-21H,6-7H2,1H3. The van der Waals surface area contributed by atoms with Gasteiger partial charge in [0.25, 0.3) is 0 Å². The maximum absolute atomic E-state index is 13.2. The van der Waals surface area contributed by atoms with Crippen LogP contribution >= 0.6 is 23.2 Å². The van der Waals surface area contributed by atoms with Crippen molar-refractivity contribution >= 4 is 23.2 Å². The second-order valence-corrected chi connectivity index (χ2v) is 5.71. The first-order chi connectivity index (χ1) is 9.97. The zero-order valence-corrected chi connectivity index (χ0v) is 13.0. The zero-order valence-electron chi connectivity index (χ0n) is 11.5. The molecule has 0 saturated heterocycles. The van der Waals surface area contributed by atoms with Crippen LogP contribution in [0.1, 0.15) is 24.1 Å². The molecule has 2 N–H and O–H groups in total. The molecule has 2 nitrogen and oxygen atoms in total. The second-order valence-electron chi connectivity index (χ2n) is 4.86. The van der Waals surface area contributed by atoms with E-state index in [0.29, 0.717) is 22.2 Å². The molecular weight excluding hydrogens is 312 g/mol. The van der Waals surface area contributed by atoms with E-state index in [9.17, 15) is 9.50 Å². The van der Waals surface area contributed by atoms with E-state index in [1.165, 1.54) is 18.2 Å². The molecule has 2 aromatic carbocycles. The van der Waals surface area contributed by atoms with Crippen LogP contribution in [-0.4, -0.2) is 11.7 Å². The van der Waals surface area contributed by atoms with Crippen LogP contribution < -0.4 is 5.32 Å². The third-order valence-corrected chi connectivity index (χ3v) is 3.90. The van der Waals surface area contributed by atoms with Gasteiger partial charge in [0, 0.05) is 21.7 Å². The molecule has 1 unspecified atom stereocenters. The largest absolute Gasteiger partial charge is 0.508 e. The summed E-state index contributed by atoms with van der Waals surface area (Å²) in [7, 11) is 0. The number of phenolic OH excluding ortho intramolecular Hbond substituents is 1. The van der Waals surface area contributed by atoms with Gasteiger partial charge in [-0.15, -0.1) is 0 Å². The highest BCUT2D eigenvalue weighted by Gasteiger charge is 2.11. The van der Waals surface area contributed by atoms with E-state index in [-0.39, 0.29) is 17.6 Å². The number of phenols is 1. The van der Waals surface area contributed by atoms with E-state index >= 15 is 0 Å². The predicted molar refractivity (Wildman–Crippen MR) is 84.6 cm³/mol. The van der Waals surface area contributed by atoms with Gasteiger partial charge >= 0.3 is 0 Å². The number of halogens is 3. The summed E-state index contributed by atoms with van der Waals surface area (Å²) in [6.07, 6.45) is 0.719. The van der Waals surface area contributed by atoms with Crippen molar-refractivity contribution in [2.45, 2.75) is 19.4 Å². The van der Waals surface area contributed by atoms with E-state index in [1.807, 2.05) is 13.0 Å². The van der Waals surface area contributed by atoms with Gasteiger partial charge in [0.1, 0.15) is 11.6 Å². The summed E-state index contributed by atoms with van der Waals surface area (Å²) in [5.74, 6) is -0.280. The van der Waals surface area contributed by atoms with Gasteiger partial charge in [-0.3, -0.25) is 0 Å². The van der Waals surface area contributed by atoms with Crippen LogP contribution in [0.4, 0.5) is 4.39 Å². The van der Waals surface area contributed by atoms with E-state index in [1.54, 1.807) is 12.1 Å². The number of hydrogen-bond acceptors (Lipinski definition) is 2. The topological polar surface area (TPSA) is 32.3 Å². The van der Waals surface area contributed by atoms with Crippen LogP contribution in [0.2, 0.25) is 10.0 Å². The second kappa shape index (κ2) is 7.12. The fourth-order valence-corrected chi connectivity index (χ4v) is 2.63. The average molecular weight is 328 g/mol. The lowest BCUT2D eigenvalue weighted by molar-refractivity contribution is 0.450. The summed E-state index contributed by atoms with van der Waals surface area (Å²) in [5.41, 5.74) is 1.53. The van der Waals surface area contributed by atoms with E-state index < -0.39 is 0 Å². The van der Waals surface area contributed by atoms with Gasteiger partial charge in [-0.2, -0.15) is 0 Å². The first-order valence-electron chi connectivity index (χ1n) is 6.63. The molecule has 0 aliphatic heterocycles. The molecule has 21 heavy (non-hydrogen) atoms. The van der Waals surface area contributed by atoms with Crippen LogP contribution in [-0.2, 0) is 6.42 Å². The van der Waals surface area contributed by atoms with Gasteiger partial charge in [0.05, 0.1) is 0 Å². The maximum Gasteiger partial charge on any atom is 0.123 e. The SMILES string of the molecule is CC(NCCc1ccc(Cl)cc1Cl)c1cc(F)ccc1O. The van der Waals surface area contributed by atoms with Gasteiger partial charge in [-0.05, 0) is 55.8 Å². The third-order valence-electron chi connectivity index (χ3n) is 3.32. The molecule has 0 heterocycles. The van der Waals surface area contributed by atoms with Gasteiger partial charge in [0.15, 0.2) is 0 Å². The Morgan fingerprint density at radius 3 is 2.67 bits per heavy atom. The maximum atomic E-state index is 13.2. The first-order valence-corrected chi connectivity index (χ1v) is 7.38. The molecule has 2 rings (SSSR count). The molecule has 0 aliphatic rings. The number of rotatable bonds is 5. The van der Waals surface area contributed by atoms with E-state index in [0.717, 1.165) is 12.0 Å². The Labute approximate surface area is 133 Å². The van der Waals surface area contributed by atoms with Crippen LogP contribution in [0.3, 0.4) is 0 Å². The summed E-state index contributed by atoms with van der Waals surface area (Å²) in [5, 5.41) is 14.2. The molecule has 0 radical (unpaired) electrons. The predicted octanol–water partition coefficient (Wildman–Crippen LogP) is 4.73. The van der Waals surface area contributed by atoms with Crippen molar-refractivity contribution in [2.75, 3.05) is 6.54 Å². The van der Waals surface area contributed by atoms with Gasteiger partial charge in [-0.1, -0.05) is 29.3 Å². The molecule has 2 aromatic rings. The summed E-state index contributed by atoms with van der Waals surface area (Å²) < 4.78 is 13.2. The molecule has 0 fully saturated rings. The van der Waals surface area contributed by atoms with E-state index in [4.69, 9.17) is 23.2 Å². The van der Waals surface area contributed by atoms with Gasteiger partial charge in [0.2, 0.25) is 0 Å². The first kappa shape index (κ1) is 16.1. The molecule has 0 spiro atoms. The number of aromatic hydroxyl groups is 1. The smallest absolute Gasteiger partial charge is 0.123 e. The lowest BCUT2D eigenvalue weighted by Crippen LogP contribution is -2.21. The van der Waals surface area contributed by atoms with E-state index in [2.05, 4.69) is 5.32 Å². The van der Waals surface area contributed by atoms with Crippen molar-refractivity contribution in [1.82, 2.24) is 5.32 Å². The lowest BCUT2D eigenvalue weighted by Gasteiger charge is -2.16. The minimum absolute atomic E-state index is 0.0842. The van der Waals surface area contributed by atoms with Crippen molar-refractivity contribution in [3.63, 3.8) is 0 Å². The number of nitrogens with one attached hydrogen (secondary N) is 1. The van der Waals surface area contributed by atoms with Crippen LogP contribution in [0.15, 0.2) is 36.4 Å². The Bertz CT molecular complexity index is 634. The minimum Gasteiger partial charge on any atom is -0.508 e. The molecule has 1 atom stereocenters. The highest BCUT2D eigenvalue weighted by atomic mass is 35.5. The molecule has 0 saturated carbocycles. The van der Waals surface area contributed by atoms with Crippen LogP contribution in [0.25, 0.3) is 0 Å². The van der Waals surface area contributed by atoms with Crippen molar-refractivity contribution < 1.29 is 9.50 Å². The molecule has 112 valence electrons. The van der Waals surface area contributed by atoms with Crippen molar-refractivity contribution in [1.29, 1.82) is 0 Å².